The van der Waals surface area contributed by atoms with Crippen LogP contribution < -0.4 is 16.0 Å². The number of nitrogens with two attached hydrogens (primary N) is 1. The van der Waals surface area contributed by atoms with E-state index in [-0.39, 0.29) is 30.9 Å². The highest BCUT2D eigenvalue weighted by atomic mass is 35.5. The number of hydrogen-bond donors (Lipinski definition) is 2. The van der Waals surface area contributed by atoms with E-state index in [0.29, 0.717) is 36.3 Å². The van der Waals surface area contributed by atoms with Crippen molar-refractivity contribution in [1.29, 1.82) is 0 Å². The predicted octanol–water partition coefficient (Wildman–Crippen LogP) is 3.26. The van der Waals surface area contributed by atoms with E-state index in [1.165, 1.54) is 0 Å². The molecular weight excluding hydrogens is 476 g/mol. The Bertz CT molecular complexity index is 1180. The largest absolute Gasteiger partial charge is 0.350 e. The lowest BCUT2D eigenvalue weighted by molar-refractivity contribution is -0.129. The number of hydrogen-bond acceptors (Lipinski definition) is 6. The molecule has 0 saturated carbocycles. The van der Waals surface area contributed by atoms with Crippen LogP contribution in [0.4, 0.5) is 5.82 Å². The van der Waals surface area contributed by atoms with Crippen molar-refractivity contribution in [3.8, 4) is 11.4 Å². The molecule has 1 atom stereocenters. The molecule has 0 radical (unpaired) electrons. The van der Waals surface area contributed by atoms with Gasteiger partial charge in [-0.2, -0.15) is 0 Å². The van der Waals surface area contributed by atoms with Gasteiger partial charge in [-0.1, -0.05) is 54.1 Å². The molecule has 8 nitrogen and oxygen atoms in total. The fourth-order valence-electron chi connectivity index (χ4n) is 4.18. The lowest BCUT2D eigenvalue weighted by atomic mass is 10.1. The van der Waals surface area contributed by atoms with E-state index in [9.17, 15) is 9.59 Å². The standard InChI is InChI=1S/C27H31ClN6O2/c28-22-9-4-6-20(16-22)17-31-25(35)18-34(19-26(36)33-14-5-10-23(29)12-15-33)24-11-13-30-27(32-24)21-7-2-1-3-8-21/h1-4,6-9,11,13,16,23H,5,10,12,14-15,17-19,29H2,(H,31,35). The maximum Gasteiger partial charge on any atom is 0.242 e. The summed E-state index contributed by atoms with van der Waals surface area (Å²) in [6, 6.07) is 18.8. The molecule has 4 rings (SSSR count). The van der Waals surface area contributed by atoms with Gasteiger partial charge >= 0.3 is 0 Å². The van der Waals surface area contributed by atoms with Gasteiger partial charge in [-0.3, -0.25) is 9.59 Å². The zero-order valence-electron chi connectivity index (χ0n) is 20.1. The molecule has 1 aliphatic rings. The van der Waals surface area contributed by atoms with Crippen molar-refractivity contribution < 1.29 is 9.59 Å². The van der Waals surface area contributed by atoms with Crippen LogP contribution in [0.25, 0.3) is 11.4 Å². The van der Waals surface area contributed by atoms with E-state index in [4.69, 9.17) is 17.3 Å². The Morgan fingerprint density at radius 3 is 2.69 bits per heavy atom. The van der Waals surface area contributed by atoms with Gasteiger partial charge in [-0.05, 0) is 43.0 Å². The van der Waals surface area contributed by atoms with Gasteiger partial charge in [0.2, 0.25) is 11.8 Å². The van der Waals surface area contributed by atoms with Gasteiger partial charge in [-0.25, -0.2) is 9.97 Å². The average molecular weight is 507 g/mol. The summed E-state index contributed by atoms with van der Waals surface area (Å²) in [5.74, 6) is 0.777. The highest BCUT2D eigenvalue weighted by molar-refractivity contribution is 6.30. The smallest absolute Gasteiger partial charge is 0.242 e. The van der Waals surface area contributed by atoms with Gasteiger partial charge in [0.1, 0.15) is 5.82 Å². The Hall–Kier alpha value is -3.49. The predicted molar refractivity (Wildman–Crippen MR) is 141 cm³/mol. The molecule has 0 aliphatic carbocycles. The number of nitrogens with zero attached hydrogens (tertiary/aromatic N) is 4. The molecule has 188 valence electrons. The number of carbonyl (C=O) groups is 2. The van der Waals surface area contributed by atoms with Gasteiger partial charge < -0.3 is 20.9 Å². The van der Waals surface area contributed by atoms with Crippen LogP contribution in [0.3, 0.4) is 0 Å². The van der Waals surface area contributed by atoms with E-state index in [1.54, 1.807) is 23.2 Å². The number of nitrogens with one attached hydrogen (secondary N) is 1. The Morgan fingerprint density at radius 2 is 1.89 bits per heavy atom. The zero-order valence-corrected chi connectivity index (χ0v) is 20.9. The number of amides is 2. The van der Waals surface area contributed by atoms with Crippen molar-refractivity contribution in [1.82, 2.24) is 20.2 Å². The minimum Gasteiger partial charge on any atom is -0.350 e. The van der Waals surface area contributed by atoms with E-state index >= 15 is 0 Å². The molecule has 0 spiro atoms. The second-order valence-corrected chi connectivity index (χ2v) is 9.38. The van der Waals surface area contributed by atoms with Gasteiger partial charge in [0, 0.05) is 42.5 Å². The van der Waals surface area contributed by atoms with E-state index < -0.39 is 0 Å². The second-order valence-electron chi connectivity index (χ2n) is 8.94. The normalized spacial score (nSPS) is 15.7. The monoisotopic (exact) mass is 506 g/mol. The fourth-order valence-corrected chi connectivity index (χ4v) is 4.39. The van der Waals surface area contributed by atoms with Gasteiger partial charge in [-0.15, -0.1) is 0 Å². The van der Waals surface area contributed by atoms with Crippen LogP contribution in [0.1, 0.15) is 24.8 Å². The van der Waals surface area contributed by atoms with Crippen molar-refractivity contribution in [2.24, 2.45) is 5.73 Å². The van der Waals surface area contributed by atoms with E-state index in [2.05, 4.69) is 15.3 Å². The third-order valence-electron chi connectivity index (χ3n) is 6.16. The molecule has 3 aromatic rings. The van der Waals surface area contributed by atoms with Crippen molar-refractivity contribution in [2.75, 3.05) is 31.1 Å². The molecule has 2 heterocycles. The summed E-state index contributed by atoms with van der Waals surface area (Å²) in [5.41, 5.74) is 7.85. The van der Waals surface area contributed by atoms with Gasteiger partial charge in [0.15, 0.2) is 5.82 Å². The van der Waals surface area contributed by atoms with Gasteiger partial charge in [0.25, 0.3) is 0 Å². The number of aromatic nitrogens is 2. The first kappa shape index (κ1) is 25.6. The molecule has 2 amide bonds. The molecule has 3 N–H and O–H groups in total. The number of benzene rings is 2. The third kappa shape index (κ3) is 7.26. The van der Waals surface area contributed by atoms with E-state index in [1.807, 2.05) is 53.4 Å². The minimum atomic E-state index is -0.222. The zero-order chi connectivity index (χ0) is 25.3. The molecule has 1 fully saturated rings. The first-order valence-corrected chi connectivity index (χ1v) is 12.5. The van der Waals surface area contributed by atoms with Crippen molar-refractivity contribution in [3.05, 3.63) is 77.4 Å². The summed E-state index contributed by atoms with van der Waals surface area (Å²) >= 11 is 6.06. The first-order chi connectivity index (χ1) is 17.5. The maximum absolute atomic E-state index is 13.2. The SMILES string of the molecule is NC1CCCN(C(=O)CN(CC(=O)NCc2cccc(Cl)c2)c2ccnc(-c3ccccc3)n2)CC1. The lowest BCUT2D eigenvalue weighted by Gasteiger charge is -2.27. The number of carbonyl (C=O) groups excluding carboxylic acids is 2. The summed E-state index contributed by atoms with van der Waals surface area (Å²) in [4.78, 5) is 38.8. The number of likely N-dealkylation sites (tertiary alicyclic amines) is 1. The Labute approximate surface area is 216 Å². The molecule has 1 unspecified atom stereocenters. The first-order valence-electron chi connectivity index (χ1n) is 12.2. The highest BCUT2D eigenvalue weighted by Gasteiger charge is 2.23. The third-order valence-corrected chi connectivity index (χ3v) is 6.40. The van der Waals surface area contributed by atoms with Crippen molar-refractivity contribution >= 4 is 29.2 Å². The number of anilines is 1. The van der Waals surface area contributed by atoms with E-state index in [0.717, 1.165) is 30.4 Å². The van der Waals surface area contributed by atoms with Crippen LogP contribution >= 0.6 is 11.6 Å². The molecule has 1 aromatic heterocycles. The highest BCUT2D eigenvalue weighted by Crippen LogP contribution is 2.19. The fraction of sp³-hybridized carbons (Fsp3) is 0.333. The van der Waals surface area contributed by atoms with Gasteiger partial charge in [0.05, 0.1) is 13.1 Å². The van der Waals surface area contributed by atoms with Crippen molar-refractivity contribution in [2.45, 2.75) is 31.8 Å². The maximum atomic E-state index is 13.2. The average Bonchev–Trinajstić information content (AvgIpc) is 3.12. The van der Waals surface area contributed by atoms with Crippen LogP contribution in [0, 0.1) is 0 Å². The molecule has 1 saturated heterocycles. The lowest BCUT2D eigenvalue weighted by Crippen LogP contribution is -2.45. The molecule has 0 bridgehead atoms. The molecule has 9 heteroatoms. The topological polar surface area (TPSA) is 104 Å². The summed E-state index contributed by atoms with van der Waals surface area (Å²) in [7, 11) is 0. The van der Waals surface area contributed by atoms with Crippen LogP contribution in [0.2, 0.25) is 5.02 Å². The Kier molecular flexibility index (Phi) is 8.86. The van der Waals surface area contributed by atoms with Crippen LogP contribution in [0.15, 0.2) is 66.9 Å². The minimum absolute atomic E-state index is 0.0229. The van der Waals surface area contributed by atoms with Crippen LogP contribution in [0.5, 0.6) is 0 Å². The quantitative estimate of drug-likeness (QED) is 0.486. The summed E-state index contributed by atoms with van der Waals surface area (Å²) in [6.07, 6.45) is 4.21. The van der Waals surface area contributed by atoms with Crippen molar-refractivity contribution in [3.63, 3.8) is 0 Å². The summed E-state index contributed by atoms with van der Waals surface area (Å²) in [5, 5.41) is 3.53. The second kappa shape index (κ2) is 12.5. The molecular formula is C27H31ClN6O2. The molecule has 36 heavy (non-hydrogen) atoms. The molecule has 1 aliphatic heterocycles. The molecule has 2 aromatic carbocycles. The van der Waals surface area contributed by atoms with Crippen LogP contribution in [-0.2, 0) is 16.1 Å². The summed E-state index contributed by atoms with van der Waals surface area (Å²) < 4.78 is 0. The number of rotatable bonds is 8. The Balaban J connectivity index is 1.51. The number of halogens is 1. The summed E-state index contributed by atoms with van der Waals surface area (Å²) in [6.45, 7) is 1.63. The van der Waals surface area contributed by atoms with Crippen LogP contribution in [-0.4, -0.2) is 58.9 Å². The Morgan fingerprint density at radius 1 is 1.06 bits per heavy atom.